The third-order valence-corrected chi connectivity index (χ3v) is 4.57. The second-order valence-corrected chi connectivity index (χ2v) is 6.33. The summed E-state index contributed by atoms with van der Waals surface area (Å²) in [7, 11) is 1.97. The van der Waals surface area contributed by atoms with Gasteiger partial charge in [0, 0.05) is 19.2 Å². The van der Waals surface area contributed by atoms with Crippen molar-refractivity contribution >= 4 is 29.3 Å². The highest BCUT2D eigenvalue weighted by atomic mass is 32.1. The molecule has 1 aliphatic rings. The van der Waals surface area contributed by atoms with Crippen LogP contribution in [-0.2, 0) is 4.79 Å². The van der Waals surface area contributed by atoms with E-state index in [1.165, 1.54) is 30.9 Å². The van der Waals surface area contributed by atoms with E-state index in [9.17, 15) is 4.79 Å². The Morgan fingerprint density at radius 2 is 1.86 bits per heavy atom. The van der Waals surface area contributed by atoms with Crippen LogP contribution in [0, 0.1) is 6.92 Å². The predicted octanol–water partition coefficient (Wildman–Crippen LogP) is 3.67. The van der Waals surface area contributed by atoms with Crippen molar-refractivity contribution in [1.82, 2.24) is 10.2 Å². The molecular weight excluding hydrogens is 292 g/mol. The van der Waals surface area contributed by atoms with E-state index < -0.39 is 0 Å². The summed E-state index contributed by atoms with van der Waals surface area (Å²) in [5, 5.41) is 3.31. The Hall–Kier alpha value is -1.68. The van der Waals surface area contributed by atoms with Gasteiger partial charge in [0.2, 0.25) is 5.91 Å². The topological polar surface area (TPSA) is 32.3 Å². The van der Waals surface area contributed by atoms with Gasteiger partial charge in [0.15, 0.2) is 5.11 Å². The lowest BCUT2D eigenvalue weighted by Crippen LogP contribution is -2.45. The largest absolute Gasteiger partial charge is 0.349 e. The van der Waals surface area contributed by atoms with E-state index in [0.717, 1.165) is 18.4 Å². The number of carbonyl (C=O) groups is 1. The van der Waals surface area contributed by atoms with Crippen molar-refractivity contribution in [2.45, 2.75) is 45.1 Å². The summed E-state index contributed by atoms with van der Waals surface area (Å²) in [6.07, 6.45) is 9.46. The molecule has 1 amide bonds. The molecule has 0 spiro atoms. The van der Waals surface area contributed by atoms with Crippen LogP contribution in [0.5, 0.6) is 0 Å². The first-order valence-electron chi connectivity index (χ1n) is 7.89. The van der Waals surface area contributed by atoms with Crippen molar-refractivity contribution < 1.29 is 4.79 Å². The number of aryl methyl sites for hydroxylation is 1. The monoisotopic (exact) mass is 316 g/mol. The average molecular weight is 316 g/mol. The first-order chi connectivity index (χ1) is 10.6. The van der Waals surface area contributed by atoms with Crippen LogP contribution in [0.15, 0.2) is 30.3 Å². The van der Waals surface area contributed by atoms with E-state index in [1.807, 2.05) is 43.1 Å². The summed E-state index contributed by atoms with van der Waals surface area (Å²) >= 11 is 5.34. The maximum atomic E-state index is 12.0. The lowest BCUT2D eigenvalue weighted by Gasteiger charge is -2.32. The fourth-order valence-corrected chi connectivity index (χ4v) is 2.97. The molecule has 1 N–H and O–H groups in total. The molecule has 4 heteroatoms. The lowest BCUT2D eigenvalue weighted by atomic mass is 9.95. The number of hydrogen-bond acceptors (Lipinski definition) is 2. The van der Waals surface area contributed by atoms with Gasteiger partial charge in [-0.05, 0) is 43.6 Å². The lowest BCUT2D eigenvalue weighted by molar-refractivity contribution is -0.115. The van der Waals surface area contributed by atoms with E-state index in [-0.39, 0.29) is 5.91 Å². The normalized spacial score (nSPS) is 15.7. The second-order valence-electron chi connectivity index (χ2n) is 5.94. The number of carbonyl (C=O) groups excluding carboxylic acids is 1. The first kappa shape index (κ1) is 16.7. The highest BCUT2D eigenvalue weighted by molar-refractivity contribution is 7.80. The number of amides is 1. The molecule has 1 aromatic rings. The Kier molecular flexibility index (Phi) is 6.13. The minimum atomic E-state index is -0.173. The van der Waals surface area contributed by atoms with Crippen molar-refractivity contribution in [3.63, 3.8) is 0 Å². The fourth-order valence-electron chi connectivity index (χ4n) is 2.72. The van der Waals surface area contributed by atoms with Crippen LogP contribution in [0.2, 0.25) is 0 Å². The van der Waals surface area contributed by atoms with Crippen LogP contribution in [0.1, 0.15) is 43.2 Å². The zero-order chi connectivity index (χ0) is 15.9. The van der Waals surface area contributed by atoms with Gasteiger partial charge >= 0.3 is 0 Å². The maximum Gasteiger partial charge on any atom is 0.250 e. The number of rotatable bonds is 3. The van der Waals surface area contributed by atoms with Crippen LogP contribution in [0.4, 0.5) is 0 Å². The zero-order valence-corrected chi connectivity index (χ0v) is 14.2. The summed E-state index contributed by atoms with van der Waals surface area (Å²) in [5.74, 6) is -0.173. The molecule has 0 bridgehead atoms. The second kappa shape index (κ2) is 8.08. The molecule has 1 aliphatic carbocycles. The maximum absolute atomic E-state index is 12.0. The highest BCUT2D eigenvalue weighted by Crippen LogP contribution is 2.21. The molecule has 1 aromatic carbocycles. The minimum absolute atomic E-state index is 0.173. The number of nitrogens with one attached hydrogen (secondary N) is 1. The number of benzene rings is 1. The molecule has 118 valence electrons. The van der Waals surface area contributed by atoms with Gasteiger partial charge in [0.05, 0.1) is 0 Å². The Morgan fingerprint density at radius 1 is 1.23 bits per heavy atom. The minimum Gasteiger partial charge on any atom is -0.349 e. The SMILES string of the molecule is Cc1ccc(C=CC(=O)NC(=S)N(C)C2CCCCC2)cc1. The Morgan fingerprint density at radius 3 is 2.50 bits per heavy atom. The van der Waals surface area contributed by atoms with Gasteiger partial charge in [-0.15, -0.1) is 0 Å². The first-order valence-corrected chi connectivity index (χ1v) is 8.29. The summed E-state index contributed by atoms with van der Waals surface area (Å²) < 4.78 is 0. The fraction of sp³-hybridized carbons (Fsp3) is 0.444. The molecule has 0 heterocycles. The molecule has 3 nitrogen and oxygen atoms in total. The van der Waals surface area contributed by atoms with Gasteiger partial charge in [-0.25, -0.2) is 0 Å². The molecule has 2 rings (SSSR count). The number of hydrogen-bond donors (Lipinski definition) is 1. The molecule has 22 heavy (non-hydrogen) atoms. The molecule has 1 saturated carbocycles. The predicted molar refractivity (Wildman–Crippen MR) is 95.6 cm³/mol. The van der Waals surface area contributed by atoms with Gasteiger partial charge in [0.25, 0.3) is 0 Å². The van der Waals surface area contributed by atoms with Gasteiger partial charge in [-0.1, -0.05) is 49.1 Å². The third kappa shape index (κ3) is 4.95. The van der Waals surface area contributed by atoms with E-state index in [2.05, 4.69) is 5.32 Å². The molecule has 0 radical (unpaired) electrons. The van der Waals surface area contributed by atoms with Gasteiger partial charge in [-0.3, -0.25) is 10.1 Å². The van der Waals surface area contributed by atoms with Crippen LogP contribution in [0.25, 0.3) is 6.08 Å². The van der Waals surface area contributed by atoms with E-state index in [0.29, 0.717) is 11.2 Å². The zero-order valence-electron chi connectivity index (χ0n) is 13.3. The summed E-state index contributed by atoms with van der Waals surface area (Å²) in [6, 6.07) is 8.50. The van der Waals surface area contributed by atoms with Crippen molar-refractivity contribution in [1.29, 1.82) is 0 Å². The molecule has 0 saturated heterocycles. The van der Waals surface area contributed by atoms with E-state index in [4.69, 9.17) is 12.2 Å². The molecule has 0 unspecified atom stereocenters. The molecule has 1 fully saturated rings. The molecule has 0 atom stereocenters. The third-order valence-electron chi connectivity index (χ3n) is 4.18. The van der Waals surface area contributed by atoms with Gasteiger partial charge in [0.1, 0.15) is 0 Å². The van der Waals surface area contributed by atoms with E-state index in [1.54, 1.807) is 6.08 Å². The molecule has 0 aliphatic heterocycles. The molecular formula is C18H24N2OS. The quantitative estimate of drug-likeness (QED) is 0.682. The summed E-state index contributed by atoms with van der Waals surface area (Å²) in [6.45, 7) is 2.04. The van der Waals surface area contributed by atoms with Gasteiger partial charge < -0.3 is 4.90 Å². The van der Waals surface area contributed by atoms with Crippen molar-refractivity contribution in [2.24, 2.45) is 0 Å². The van der Waals surface area contributed by atoms with Crippen molar-refractivity contribution in [3.8, 4) is 0 Å². The summed E-state index contributed by atoms with van der Waals surface area (Å²) in [4.78, 5) is 14.0. The van der Waals surface area contributed by atoms with Gasteiger partial charge in [-0.2, -0.15) is 0 Å². The Bertz CT molecular complexity index is 545. The summed E-state index contributed by atoms with van der Waals surface area (Å²) in [5.41, 5.74) is 2.21. The van der Waals surface area contributed by atoms with Crippen LogP contribution >= 0.6 is 12.2 Å². The van der Waals surface area contributed by atoms with Crippen LogP contribution < -0.4 is 5.32 Å². The highest BCUT2D eigenvalue weighted by Gasteiger charge is 2.20. The van der Waals surface area contributed by atoms with Crippen LogP contribution in [0.3, 0.4) is 0 Å². The van der Waals surface area contributed by atoms with E-state index >= 15 is 0 Å². The Labute approximate surface area is 138 Å². The Balaban J connectivity index is 1.85. The van der Waals surface area contributed by atoms with Crippen molar-refractivity contribution in [3.05, 3.63) is 41.5 Å². The standard InChI is InChI=1S/C18H24N2OS/c1-14-8-10-15(11-9-14)12-13-17(21)19-18(22)20(2)16-6-4-3-5-7-16/h8-13,16H,3-7H2,1-2H3,(H,19,21,22). The average Bonchev–Trinajstić information content (AvgIpc) is 2.54. The van der Waals surface area contributed by atoms with Crippen LogP contribution in [-0.4, -0.2) is 29.0 Å². The number of nitrogens with zero attached hydrogens (tertiary/aromatic N) is 1. The molecule has 0 aromatic heterocycles. The van der Waals surface area contributed by atoms with Crippen molar-refractivity contribution in [2.75, 3.05) is 7.05 Å². The smallest absolute Gasteiger partial charge is 0.250 e. The number of thiocarbonyl (C=S) groups is 1.